The number of fused-ring (bicyclic) bond motifs is 1. The first-order chi connectivity index (χ1) is 13.1. The van der Waals surface area contributed by atoms with Crippen LogP contribution in [0.25, 0.3) is 0 Å². The smallest absolute Gasteiger partial charge is 0.324 e. The molecule has 2 aliphatic heterocycles. The molecule has 0 spiro atoms. The number of benzene rings is 1. The lowest BCUT2D eigenvalue weighted by Gasteiger charge is -2.24. The van der Waals surface area contributed by atoms with Gasteiger partial charge in [0, 0.05) is 18.0 Å². The zero-order valence-corrected chi connectivity index (χ0v) is 17.1. The van der Waals surface area contributed by atoms with Crippen LogP contribution in [0.4, 0.5) is 0 Å². The van der Waals surface area contributed by atoms with Gasteiger partial charge in [-0.1, -0.05) is 20.8 Å². The number of rotatable bonds is 5. The number of nitrogens with zero attached hydrogens (tertiary/aromatic N) is 1. The van der Waals surface area contributed by atoms with Crippen molar-refractivity contribution in [3.8, 4) is 11.5 Å². The van der Waals surface area contributed by atoms with E-state index in [0.29, 0.717) is 37.6 Å². The zero-order chi connectivity index (χ0) is 20.5. The van der Waals surface area contributed by atoms with Gasteiger partial charge in [0.2, 0.25) is 10.0 Å². The molecular formula is C19H25NO7S. The van der Waals surface area contributed by atoms with E-state index < -0.39 is 27.4 Å². The van der Waals surface area contributed by atoms with Crippen molar-refractivity contribution >= 4 is 21.8 Å². The first-order valence-corrected chi connectivity index (χ1v) is 10.7. The number of sulfonamides is 1. The average Bonchev–Trinajstić information content (AvgIpc) is 3.15. The Balaban J connectivity index is 1.76. The Labute approximate surface area is 164 Å². The van der Waals surface area contributed by atoms with Crippen molar-refractivity contribution in [2.24, 2.45) is 5.41 Å². The average molecular weight is 411 g/mol. The van der Waals surface area contributed by atoms with Gasteiger partial charge in [-0.3, -0.25) is 9.59 Å². The summed E-state index contributed by atoms with van der Waals surface area (Å²) in [6, 6.07) is 3.46. The Morgan fingerprint density at radius 1 is 1.18 bits per heavy atom. The summed E-state index contributed by atoms with van der Waals surface area (Å²) >= 11 is 0. The Morgan fingerprint density at radius 3 is 2.54 bits per heavy atom. The molecule has 154 valence electrons. The molecule has 1 saturated heterocycles. The molecule has 28 heavy (non-hydrogen) atoms. The molecule has 2 heterocycles. The minimum absolute atomic E-state index is 0.0298. The van der Waals surface area contributed by atoms with Gasteiger partial charge >= 0.3 is 5.97 Å². The molecule has 1 aromatic carbocycles. The second kappa shape index (κ2) is 7.71. The highest BCUT2D eigenvalue weighted by Gasteiger charge is 2.41. The van der Waals surface area contributed by atoms with Crippen LogP contribution in [0.3, 0.4) is 0 Å². The monoisotopic (exact) mass is 411 g/mol. The van der Waals surface area contributed by atoms with Crippen LogP contribution in [0.15, 0.2) is 23.1 Å². The second-order valence-electron chi connectivity index (χ2n) is 7.86. The third-order valence-corrected chi connectivity index (χ3v) is 6.68. The summed E-state index contributed by atoms with van der Waals surface area (Å²) in [5.74, 6) is -0.0685. The van der Waals surface area contributed by atoms with Crippen LogP contribution in [0.2, 0.25) is 0 Å². The predicted octanol–water partition coefficient (Wildman–Crippen LogP) is 1.77. The first kappa shape index (κ1) is 20.6. The fourth-order valence-electron chi connectivity index (χ4n) is 3.03. The van der Waals surface area contributed by atoms with E-state index in [2.05, 4.69) is 0 Å². The molecule has 0 aliphatic carbocycles. The standard InChI is InChI=1S/C19H25NO7S/c1-19(2,3)17(21)12-27-18(22)14-5-4-8-20(14)28(23,24)13-6-7-15-16(11-13)26-10-9-25-15/h6-7,11,14H,4-5,8-10,12H2,1-3H3. The number of ketones is 1. The molecule has 0 bridgehead atoms. The van der Waals surface area contributed by atoms with Crippen molar-refractivity contribution in [3.05, 3.63) is 18.2 Å². The molecule has 1 atom stereocenters. The van der Waals surface area contributed by atoms with Crippen molar-refractivity contribution in [2.45, 2.75) is 44.6 Å². The van der Waals surface area contributed by atoms with E-state index in [4.69, 9.17) is 14.2 Å². The molecule has 8 nitrogen and oxygen atoms in total. The van der Waals surface area contributed by atoms with E-state index >= 15 is 0 Å². The van der Waals surface area contributed by atoms with Gasteiger partial charge in [-0.2, -0.15) is 4.31 Å². The van der Waals surface area contributed by atoms with Crippen LogP contribution in [-0.2, 0) is 24.3 Å². The first-order valence-electron chi connectivity index (χ1n) is 9.22. The van der Waals surface area contributed by atoms with Gasteiger partial charge in [0.25, 0.3) is 0 Å². The molecule has 0 aromatic heterocycles. The number of carbonyl (C=O) groups excluding carboxylic acids is 2. The highest BCUT2D eigenvalue weighted by molar-refractivity contribution is 7.89. The summed E-state index contributed by atoms with van der Waals surface area (Å²) < 4.78 is 43.3. The van der Waals surface area contributed by atoms with Crippen molar-refractivity contribution < 1.29 is 32.2 Å². The summed E-state index contributed by atoms with van der Waals surface area (Å²) in [5.41, 5.74) is -0.632. The largest absolute Gasteiger partial charge is 0.486 e. The van der Waals surface area contributed by atoms with Crippen LogP contribution in [0.1, 0.15) is 33.6 Å². The Morgan fingerprint density at radius 2 is 1.86 bits per heavy atom. The highest BCUT2D eigenvalue weighted by atomic mass is 32.2. The van der Waals surface area contributed by atoms with Crippen LogP contribution in [0.5, 0.6) is 11.5 Å². The van der Waals surface area contributed by atoms with Crippen molar-refractivity contribution in [1.82, 2.24) is 4.31 Å². The maximum atomic E-state index is 13.1. The van der Waals surface area contributed by atoms with Gasteiger partial charge in [-0.05, 0) is 25.0 Å². The van der Waals surface area contributed by atoms with Gasteiger partial charge in [-0.15, -0.1) is 0 Å². The van der Waals surface area contributed by atoms with Gasteiger partial charge < -0.3 is 14.2 Å². The molecule has 1 fully saturated rings. The molecule has 0 N–H and O–H groups in total. The highest BCUT2D eigenvalue weighted by Crippen LogP contribution is 2.35. The zero-order valence-electron chi connectivity index (χ0n) is 16.3. The third kappa shape index (κ3) is 4.15. The number of carbonyl (C=O) groups is 2. The molecule has 3 rings (SSSR count). The lowest BCUT2D eigenvalue weighted by atomic mass is 9.91. The fraction of sp³-hybridized carbons (Fsp3) is 0.579. The lowest BCUT2D eigenvalue weighted by Crippen LogP contribution is -2.42. The molecule has 1 aromatic rings. The third-order valence-electron chi connectivity index (χ3n) is 4.78. The van der Waals surface area contributed by atoms with E-state index in [1.165, 1.54) is 12.1 Å². The number of Topliss-reactive ketones (excluding diaryl/α,β-unsaturated/α-hetero) is 1. The summed E-state index contributed by atoms with van der Waals surface area (Å²) in [7, 11) is -3.92. The lowest BCUT2D eigenvalue weighted by molar-refractivity contribution is -0.153. The maximum absolute atomic E-state index is 13.1. The summed E-state index contributed by atoms with van der Waals surface area (Å²) in [6.07, 6.45) is 0.892. The van der Waals surface area contributed by atoms with Crippen molar-refractivity contribution in [2.75, 3.05) is 26.4 Å². The molecule has 0 radical (unpaired) electrons. The van der Waals surface area contributed by atoms with E-state index in [0.717, 1.165) is 4.31 Å². The fourth-order valence-corrected chi connectivity index (χ4v) is 4.70. The molecule has 0 amide bonds. The molecule has 9 heteroatoms. The minimum atomic E-state index is -3.92. The summed E-state index contributed by atoms with van der Waals surface area (Å²) in [5, 5.41) is 0. The molecule has 0 saturated carbocycles. The van der Waals surface area contributed by atoms with Gasteiger partial charge in [0.15, 0.2) is 23.9 Å². The molecule has 1 unspecified atom stereocenters. The van der Waals surface area contributed by atoms with E-state index in [9.17, 15) is 18.0 Å². The second-order valence-corrected chi connectivity index (χ2v) is 9.75. The summed E-state index contributed by atoms with van der Waals surface area (Å²) in [4.78, 5) is 24.5. The van der Waals surface area contributed by atoms with Gasteiger partial charge in [-0.25, -0.2) is 8.42 Å². The molecular weight excluding hydrogens is 386 g/mol. The van der Waals surface area contributed by atoms with Crippen LogP contribution in [0, 0.1) is 5.41 Å². The number of esters is 1. The van der Waals surface area contributed by atoms with E-state index in [1.807, 2.05) is 0 Å². The van der Waals surface area contributed by atoms with Crippen LogP contribution >= 0.6 is 0 Å². The van der Waals surface area contributed by atoms with Crippen LogP contribution < -0.4 is 9.47 Å². The van der Waals surface area contributed by atoms with Gasteiger partial charge in [0.1, 0.15) is 19.3 Å². The van der Waals surface area contributed by atoms with Crippen molar-refractivity contribution in [3.63, 3.8) is 0 Å². The number of hydrogen-bond acceptors (Lipinski definition) is 7. The maximum Gasteiger partial charge on any atom is 0.324 e. The number of hydrogen-bond donors (Lipinski definition) is 0. The van der Waals surface area contributed by atoms with Gasteiger partial charge in [0.05, 0.1) is 4.90 Å². The predicted molar refractivity (Wildman–Crippen MR) is 99.8 cm³/mol. The van der Waals surface area contributed by atoms with E-state index in [-0.39, 0.29) is 23.8 Å². The Hall–Kier alpha value is -2.13. The van der Waals surface area contributed by atoms with E-state index in [1.54, 1.807) is 26.8 Å². The quantitative estimate of drug-likeness (QED) is 0.681. The van der Waals surface area contributed by atoms with Crippen molar-refractivity contribution in [1.29, 1.82) is 0 Å². The Kier molecular flexibility index (Phi) is 5.67. The SMILES string of the molecule is CC(C)(C)C(=O)COC(=O)C1CCCN1S(=O)(=O)c1ccc2c(c1)OCCO2. The Bertz CT molecular complexity index is 873. The normalized spacial score (nSPS) is 20.0. The van der Waals surface area contributed by atoms with Crippen LogP contribution in [-0.4, -0.2) is 56.9 Å². The topological polar surface area (TPSA) is 99.2 Å². The molecule has 2 aliphatic rings. The minimum Gasteiger partial charge on any atom is -0.486 e. The summed E-state index contributed by atoms with van der Waals surface area (Å²) in [6.45, 7) is 5.80. The number of ether oxygens (including phenoxy) is 3.